The van der Waals surface area contributed by atoms with Gasteiger partial charge in [-0.1, -0.05) is 0 Å². The number of hydrogen-bond donors (Lipinski definition) is 1. The number of alkyl halides is 3. The zero-order valence-electron chi connectivity index (χ0n) is 9.25. The molecule has 1 rings (SSSR count). The summed E-state index contributed by atoms with van der Waals surface area (Å²) in [5.41, 5.74) is 6.38. The molecule has 0 spiro atoms. The molecule has 0 saturated carbocycles. The number of hydrogen-bond acceptors (Lipinski definition) is 3. The van der Waals surface area contributed by atoms with E-state index in [0.717, 1.165) is 4.90 Å². The van der Waals surface area contributed by atoms with E-state index in [4.69, 9.17) is 11.0 Å². The number of nitrogens with zero attached hydrogens (tertiary/aromatic N) is 2. The molecular formula is C11H12F3N3. The minimum absolute atomic E-state index is 0.165. The van der Waals surface area contributed by atoms with Crippen LogP contribution >= 0.6 is 0 Å². The molecule has 0 aliphatic rings. The van der Waals surface area contributed by atoms with Crippen molar-refractivity contribution in [2.24, 2.45) is 0 Å². The number of nitrogens with two attached hydrogens (primary N) is 1. The summed E-state index contributed by atoms with van der Waals surface area (Å²) in [6, 6.07) is 6.15. The Labute approximate surface area is 97.2 Å². The highest BCUT2D eigenvalue weighted by Crippen LogP contribution is 2.27. The first-order chi connectivity index (χ1) is 7.87. The summed E-state index contributed by atoms with van der Waals surface area (Å²) in [6.07, 6.45) is -4.30. The van der Waals surface area contributed by atoms with Crippen LogP contribution in [0.3, 0.4) is 0 Å². The van der Waals surface area contributed by atoms with E-state index >= 15 is 0 Å². The molecule has 2 N–H and O–H groups in total. The number of nitriles is 1. The van der Waals surface area contributed by atoms with Gasteiger partial charge < -0.3 is 10.6 Å². The third-order valence-electron chi connectivity index (χ3n) is 2.25. The van der Waals surface area contributed by atoms with Gasteiger partial charge in [0.2, 0.25) is 0 Å². The highest BCUT2D eigenvalue weighted by atomic mass is 19.4. The van der Waals surface area contributed by atoms with Crippen molar-refractivity contribution >= 4 is 11.4 Å². The number of halogens is 3. The van der Waals surface area contributed by atoms with E-state index in [1.54, 1.807) is 6.92 Å². The normalized spacial score (nSPS) is 11.0. The minimum Gasteiger partial charge on any atom is -0.397 e. The lowest BCUT2D eigenvalue weighted by Crippen LogP contribution is -2.34. The average Bonchev–Trinajstić information content (AvgIpc) is 2.25. The molecule has 1 aromatic rings. The van der Waals surface area contributed by atoms with E-state index in [1.807, 2.05) is 6.07 Å². The van der Waals surface area contributed by atoms with Gasteiger partial charge in [-0.05, 0) is 25.1 Å². The SMILES string of the molecule is CCN(CC(F)(F)F)c1cc(C#N)ccc1N. The third kappa shape index (κ3) is 3.55. The van der Waals surface area contributed by atoms with Gasteiger partial charge in [-0.15, -0.1) is 0 Å². The highest BCUT2D eigenvalue weighted by molar-refractivity contribution is 5.69. The van der Waals surface area contributed by atoms with Crippen molar-refractivity contribution in [2.75, 3.05) is 23.7 Å². The largest absolute Gasteiger partial charge is 0.405 e. The van der Waals surface area contributed by atoms with Gasteiger partial charge in [-0.3, -0.25) is 0 Å². The fraction of sp³-hybridized carbons (Fsp3) is 0.364. The first-order valence-corrected chi connectivity index (χ1v) is 4.98. The summed E-state index contributed by atoms with van der Waals surface area (Å²) in [4.78, 5) is 1.09. The fourth-order valence-corrected chi connectivity index (χ4v) is 1.47. The molecule has 17 heavy (non-hydrogen) atoms. The summed E-state index contributed by atoms with van der Waals surface area (Å²) < 4.78 is 37.0. The zero-order valence-corrected chi connectivity index (χ0v) is 9.25. The molecular weight excluding hydrogens is 231 g/mol. The van der Waals surface area contributed by atoms with Gasteiger partial charge in [0.25, 0.3) is 0 Å². The number of nitrogen functional groups attached to an aromatic ring is 1. The maximum atomic E-state index is 12.3. The molecule has 0 heterocycles. The van der Waals surface area contributed by atoms with Gasteiger partial charge in [-0.25, -0.2) is 0 Å². The summed E-state index contributed by atoms with van der Waals surface area (Å²) in [6.45, 7) is 0.686. The maximum absolute atomic E-state index is 12.3. The van der Waals surface area contributed by atoms with E-state index in [1.165, 1.54) is 18.2 Å². The molecule has 0 aromatic heterocycles. The molecule has 0 aliphatic heterocycles. The predicted octanol–water partition coefficient (Wildman–Crippen LogP) is 2.53. The zero-order chi connectivity index (χ0) is 13.1. The molecule has 0 atom stereocenters. The van der Waals surface area contributed by atoms with Crippen LogP contribution in [0.4, 0.5) is 24.5 Å². The Morgan fingerprint density at radius 1 is 1.41 bits per heavy atom. The van der Waals surface area contributed by atoms with Crippen molar-refractivity contribution < 1.29 is 13.2 Å². The van der Waals surface area contributed by atoms with Crippen molar-refractivity contribution in [3.8, 4) is 6.07 Å². The lowest BCUT2D eigenvalue weighted by atomic mass is 10.1. The van der Waals surface area contributed by atoms with Gasteiger partial charge in [-0.2, -0.15) is 18.4 Å². The summed E-state index contributed by atoms with van der Waals surface area (Å²) in [7, 11) is 0. The highest BCUT2D eigenvalue weighted by Gasteiger charge is 2.30. The maximum Gasteiger partial charge on any atom is 0.405 e. The van der Waals surface area contributed by atoms with E-state index < -0.39 is 12.7 Å². The average molecular weight is 243 g/mol. The number of benzene rings is 1. The van der Waals surface area contributed by atoms with E-state index in [-0.39, 0.29) is 23.5 Å². The van der Waals surface area contributed by atoms with Crippen LogP contribution in [0.25, 0.3) is 0 Å². The lowest BCUT2D eigenvalue weighted by Gasteiger charge is -2.25. The van der Waals surface area contributed by atoms with Crippen molar-refractivity contribution in [3.63, 3.8) is 0 Å². The van der Waals surface area contributed by atoms with Crippen molar-refractivity contribution in [1.82, 2.24) is 0 Å². The predicted molar refractivity (Wildman–Crippen MR) is 59.5 cm³/mol. The van der Waals surface area contributed by atoms with Gasteiger partial charge in [0.05, 0.1) is 23.0 Å². The molecule has 0 saturated heterocycles. The Morgan fingerprint density at radius 3 is 2.53 bits per heavy atom. The first kappa shape index (κ1) is 13.2. The molecule has 0 bridgehead atoms. The molecule has 0 unspecified atom stereocenters. The summed E-state index contributed by atoms with van der Waals surface area (Å²) in [5, 5.41) is 8.71. The van der Waals surface area contributed by atoms with Crippen molar-refractivity contribution in [3.05, 3.63) is 23.8 Å². The number of rotatable bonds is 3. The Balaban J connectivity index is 3.07. The van der Waals surface area contributed by atoms with E-state index in [9.17, 15) is 13.2 Å². The van der Waals surface area contributed by atoms with Gasteiger partial charge in [0, 0.05) is 6.54 Å². The van der Waals surface area contributed by atoms with Crippen LogP contribution in [-0.4, -0.2) is 19.3 Å². The first-order valence-electron chi connectivity index (χ1n) is 4.98. The molecule has 0 aliphatic carbocycles. The second-order valence-electron chi connectivity index (χ2n) is 3.51. The second-order valence-corrected chi connectivity index (χ2v) is 3.51. The molecule has 6 heteroatoms. The third-order valence-corrected chi connectivity index (χ3v) is 2.25. The van der Waals surface area contributed by atoms with E-state index in [0.29, 0.717) is 0 Å². The Kier molecular flexibility index (Phi) is 3.84. The van der Waals surface area contributed by atoms with Crippen LogP contribution in [0.2, 0.25) is 0 Å². The summed E-state index contributed by atoms with van der Waals surface area (Å²) in [5.74, 6) is 0. The van der Waals surface area contributed by atoms with Crippen LogP contribution in [0.15, 0.2) is 18.2 Å². The Bertz CT molecular complexity index is 435. The Morgan fingerprint density at radius 2 is 2.06 bits per heavy atom. The smallest absolute Gasteiger partial charge is 0.397 e. The standard InChI is InChI=1S/C11H12F3N3/c1-2-17(7-11(12,13)14)10-5-8(6-15)3-4-9(10)16/h3-5H,2,7,16H2,1H3. The lowest BCUT2D eigenvalue weighted by molar-refractivity contribution is -0.119. The quantitative estimate of drug-likeness (QED) is 0.830. The molecule has 92 valence electrons. The van der Waals surface area contributed by atoms with Crippen LogP contribution in [0, 0.1) is 11.3 Å². The topological polar surface area (TPSA) is 53.0 Å². The molecule has 1 aromatic carbocycles. The Hall–Kier alpha value is -1.90. The van der Waals surface area contributed by atoms with Crippen LogP contribution < -0.4 is 10.6 Å². The minimum atomic E-state index is -4.30. The molecule has 3 nitrogen and oxygen atoms in total. The monoisotopic (exact) mass is 243 g/mol. The van der Waals surface area contributed by atoms with Crippen LogP contribution in [-0.2, 0) is 0 Å². The molecule has 0 radical (unpaired) electrons. The van der Waals surface area contributed by atoms with Gasteiger partial charge in [0.15, 0.2) is 0 Å². The second kappa shape index (κ2) is 4.95. The van der Waals surface area contributed by atoms with Crippen molar-refractivity contribution in [1.29, 1.82) is 5.26 Å². The number of anilines is 2. The fourth-order valence-electron chi connectivity index (χ4n) is 1.47. The van der Waals surface area contributed by atoms with Crippen LogP contribution in [0.1, 0.15) is 12.5 Å². The van der Waals surface area contributed by atoms with Crippen molar-refractivity contribution in [2.45, 2.75) is 13.1 Å². The van der Waals surface area contributed by atoms with E-state index in [2.05, 4.69) is 0 Å². The van der Waals surface area contributed by atoms with Crippen LogP contribution in [0.5, 0.6) is 0 Å². The molecule has 0 fully saturated rings. The summed E-state index contributed by atoms with van der Waals surface area (Å²) >= 11 is 0. The van der Waals surface area contributed by atoms with Gasteiger partial charge in [0.1, 0.15) is 6.54 Å². The molecule has 0 amide bonds. The van der Waals surface area contributed by atoms with Gasteiger partial charge >= 0.3 is 6.18 Å².